The van der Waals surface area contributed by atoms with Gasteiger partial charge < -0.3 is 26.4 Å². The van der Waals surface area contributed by atoms with Gasteiger partial charge >= 0.3 is 5.97 Å². The number of ether oxygens (including phenoxy) is 1. The Morgan fingerprint density at radius 1 is 0.930 bits per heavy atom. The average molecular weight is 582 g/mol. The zero-order valence-corrected chi connectivity index (χ0v) is 24.9. The van der Waals surface area contributed by atoms with E-state index in [-0.39, 0.29) is 31.4 Å². The topological polar surface area (TPSA) is 135 Å². The van der Waals surface area contributed by atoms with E-state index >= 15 is 0 Å². The van der Waals surface area contributed by atoms with E-state index in [4.69, 9.17) is 10.5 Å². The molecule has 0 fully saturated rings. The number of rotatable bonds is 13. The van der Waals surface area contributed by atoms with Gasteiger partial charge in [0.05, 0.1) is 25.6 Å². The molecule has 9 heteroatoms. The Balaban J connectivity index is 1.38. The largest absolute Gasteiger partial charge is 0.466 e. The molecular weight excluding hydrogens is 542 g/mol. The van der Waals surface area contributed by atoms with Gasteiger partial charge in [0.15, 0.2) is 0 Å². The highest BCUT2D eigenvalue weighted by Crippen LogP contribution is 2.24. The molecule has 5 N–H and O–H groups in total. The summed E-state index contributed by atoms with van der Waals surface area (Å²) in [7, 11) is 0. The zero-order chi connectivity index (χ0) is 30.8. The van der Waals surface area contributed by atoms with Crippen molar-refractivity contribution in [2.24, 2.45) is 0 Å². The van der Waals surface area contributed by atoms with Crippen molar-refractivity contribution < 1.29 is 19.1 Å². The summed E-state index contributed by atoms with van der Waals surface area (Å²) in [6.07, 6.45) is 3.53. The number of benzene rings is 3. The van der Waals surface area contributed by atoms with Crippen LogP contribution >= 0.6 is 0 Å². The number of pyridine rings is 1. The molecule has 0 radical (unpaired) electrons. The van der Waals surface area contributed by atoms with Gasteiger partial charge in [0.1, 0.15) is 5.82 Å². The number of carbonyl (C=O) groups excluding carboxylic acids is 3. The number of anilines is 3. The van der Waals surface area contributed by atoms with Crippen LogP contribution in [0.1, 0.15) is 54.5 Å². The molecule has 0 unspecified atom stereocenters. The summed E-state index contributed by atoms with van der Waals surface area (Å²) in [6, 6.07) is 20.2. The second kappa shape index (κ2) is 14.8. The summed E-state index contributed by atoms with van der Waals surface area (Å²) in [5, 5.41) is 10.8. The number of hydrogen-bond acceptors (Lipinski definition) is 7. The quantitative estimate of drug-likeness (QED) is 0.151. The Labute approximate surface area is 252 Å². The lowest BCUT2D eigenvalue weighted by molar-refractivity contribution is -0.143. The molecule has 0 saturated carbocycles. The van der Waals surface area contributed by atoms with E-state index in [0.717, 1.165) is 29.3 Å². The molecular formula is C34H39N5O4. The van der Waals surface area contributed by atoms with Gasteiger partial charge in [0.25, 0.3) is 0 Å². The number of nitrogens with two attached hydrogens (primary N) is 1. The molecule has 0 bridgehead atoms. The van der Waals surface area contributed by atoms with Crippen molar-refractivity contribution in [2.45, 2.75) is 52.5 Å². The van der Waals surface area contributed by atoms with Crippen molar-refractivity contribution in [1.82, 2.24) is 10.3 Å². The van der Waals surface area contributed by atoms with Crippen LogP contribution in [0.2, 0.25) is 0 Å². The molecule has 224 valence electrons. The minimum atomic E-state index is -0.642. The maximum absolute atomic E-state index is 13.0. The first-order chi connectivity index (χ1) is 20.7. The van der Waals surface area contributed by atoms with Gasteiger partial charge in [-0.3, -0.25) is 14.4 Å². The minimum absolute atomic E-state index is 0.0117. The number of carbonyl (C=O) groups is 3. The van der Waals surface area contributed by atoms with Crippen molar-refractivity contribution in [1.29, 1.82) is 0 Å². The highest BCUT2D eigenvalue weighted by atomic mass is 16.5. The number of esters is 1. The molecule has 1 aromatic heterocycles. The first-order valence-corrected chi connectivity index (χ1v) is 14.5. The first-order valence-electron chi connectivity index (χ1n) is 14.5. The third-order valence-corrected chi connectivity index (χ3v) is 7.31. The molecule has 0 aliphatic carbocycles. The fourth-order valence-electron chi connectivity index (χ4n) is 5.10. The van der Waals surface area contributed by atoms with E-state index in [1.807, 2.05) is 36.4 Å². The third kappa shape index (κ3) is 8.78. The molecule has 2 amide bonds. The maximum atomic E-state index is 13.0. The first kappa shape index (κ1) is 31.0. The summed E-state index contributed by atoms with van der Waals surface area (Å²) in [5.41, 5.74) is 11.7. The molecule has 3 aromatic carbocycles. The molecule has 1 atom stereocenters. The van der Waals surface area contributed by atoms with Crippen molar-refractivity contribution in [3.05, 3.63) is 95.2 Å². The van der Waals surface area contributed by atoms with Gasteiger partial charge in [0, 0.05) is 29.4 Å². The fourth-order valence-corrected chi connectivity index (χ4v) is 5.10. The lowest BCUT2D eigenvalue weighted by atomic mass is 9.98. The molecule has 1 heterocycles. The van der Waals surface area contributed by atoms with Crippen molar-refractivity contribution >= 4 is 45.7 Å². The molecule has 0 saturated heterocycles. The van der Waals surface area contributed by atoms with Crippen LogP contribution in [0.25, 0.3) is 10.8 Å². The predicted molar refractivity (Wildman–Crippen MR) is 171 cm³/mol. The summed E-state index contributed by atoms with van der Waals surface area (Å²) in [5.74, 6) is -0.377. The van der Waals surface area contributed by atoms with E-state index in [1.54, 1.807) is 31.3 Å². The van der Waals surface area contributed by atoms with Crippen LogP contribution in [-0.2, 0) is 25.5 Å². The molecule has 4 aromatic rings. The monoisotopic (exact) mass is 581 g/mol. The Hall–Kier alpha value is -4.92. The number of aromatic nitrogens is 1. The number of nitrogens with zero attached hydrogens (tertiary/aromatic N) is 1. The van der Waals surface area contributed by atoms with Crippen LogP contribution in [-0.4, -0.2) is 35.9 Å². The van der Waals surface area contributed by atoms with Crippen molar-refractivity contribution in [3.8, 4) is 0 Å². The van der Waals surface area contributed by atoms with Crippen molar-refractivity contribution in [2.75, 3.05) is 29.5 Å². The predicted octanol–water partition coefficient (Wildman–Crippen LogP) is 5.62. The average Bonchev–Trinajstić information content (AvgIpc) is 2.97. The van der Waals surface area contributed by atoms with Gasteiger partial charge in [-0.15, -0.1) is 0 Å². The fraction of sp³-hybridized carbons (Fsp3) is 0.294. The number of hydrogen-bond donors (Lipinski definition) is 4. The van der Waals surface area contributed by atoms with Crippen molar-refractivity contribution in [3.63, 3.8) is 0 Å². The van der Waals surface area contributed by atoms with Crippen LogP contribution in [0.3, 0.4) is 0 Å². The summed E-state index contributed by atoms with van der Waals surface area (Å²) < 4.78 is 5.16. The SMILES string of the molecule is CCOC(=O)C[C@@H](NC(=O)CNc1ccc2c(N)nccc2c1)c1cccc(NC(=O)CCCc2c(C)cccc2C)c1. The van der Waals surface area contributed by atoms with Crippen LogP contribution in [0.15, 0.2) is 72.9 Å². The molecule has 4 rings (SSSR count). The summed E-state index contributed by atoms with van der Waals surface area (Å²) >= 11 is 0. The molecule has 0 aliphatic rings. The normalized spacial score (nSPS) is 11.5. The van der Waals surface area contributed by atoms with Crippen LogP contribution < -0.4 is 21.7 Å². The standard InChI is InChI=1S/C34H39N5O4/c1-4-43-33(42)20-30(39-32(41)21-37-26-14-15-29-24(18-26)16-17-36-34(29)35)25-10-6-11-27(19-25)38-31(40)13-7-12-28-22(2)8-5-9-23(28)3/h5-6,8-11,14-19,30,37H,4,7,12-13,20-21H2,1-3H3,(H2,35,36)(H,38,40)(H,39,41)/t30-/m1/s1. The van der Waals surface area contributed by atoms with Gasteiger partial charge in [-0.05, 0) is 97.7 Å². The number of aryl methyl sites for hydroxylation is 2. The van der Waals surface area contributed by atoms with Gasteiger partial charge in [-0.2, -0.15) is 0 Å². The second-order valence-corrected chi connectivity index (χ2v) is 10.5. The van der Waals surface area contributed by atoms with E-state index in [2.05, 4.69) is 46.9 Å². The minimum Gasteiger partial charge on any atom is -0.466 e. The Morgan fingerprint density at radius 2 is 1.70 bits per heavy atom. The second-order valence-electron chi connectivity index (χ2n) is 10.5. The number of amides is 2. The number of nitrogens with one attached hydrogen (secondary N) is 3. The molecule has 0 aliphatic heterocycles. The van der Waals surface area contributed by atoms with Crippen LogP contribution in [0.5, 0.6) is 0 Å². The third-order valence-electron chi connectivity index (χ3n) is 7.31. The zero-order valence-electron chi connectivity index (χ0n) is 24.9. The smallest absolute Gasteiger partial charge is 0.308 e. The van der Waals surface area contributed by atoms with E-state index in [9.17, 15) is 14.4 Å². The Morgan fingerprint density at radius 3 is 2.47 bits per heavy atom. The van der Waals surface area contributed by atoms with Crippen LogP contribution in [0.4, 0.5) is 17.2 Å². The molecule has 43 heavy (non-hydrogen) atoms. The van der Waals surface area contributed by atoms with Gasteiger partial charge in [0.2, 0.25) is 11.8 Å². The maximum Gasteiger partial charge on any atom is 0.308 e. The van der Waals surface area contributed by atoms with Gasteiger partial charge in [-0.1, -0.05) is 30.3 Å². The van der Waals surface area contributed by atoms with E-state index in [0.29, 0.717) is 23.5 Å². The Bertz CT molecular complexity index is 1580. The number of fused-ring (bicyclic) bond motifs is 1. The Kier molecular flexibility index (Phi) is 10.7. The summed E-state index contributed by atoms with van der Waals surface area (Å²) in [6.45, 7) is 6.14. The lowest BCUT2D eigenvalue weighted by Crippen LogP contribution is -2.34. The van der Waals surface area contributed by atoms with E-state index < -0.39 is 12.0 Å². The summed E-state index contributed by atoms with van der Waals surface area (Å²) in [4.78, 5) is 42.2. The molecule has 0 spiro atoms. The lowest BCUT2D eigenvalue weighted by Gasteiger charge is -2.20. The highest BCUT2D eigenvalue weighted by molar-refractivity contribution is 5.93. The van der Waals surface area contributed by atoms with E-state index in [1.165, 1.54) is 16.7 Å². The molecule has 9 nitrogen and oxygen atoms in total. The number of nitrogen functional groups attached to an aromatic ring is 1. The van der Waals surface area contributed by atoms with Crippen LogP contribution in [0, 0.1) is 13.8 Å². The highest BCUT2D eigenvalue weighted by Gasteiger charge is 2.20. The van der Waals surface area contributed by atoms with Gasteiger partial charge in [-0.25, -0.2) is 4.98 Å².